The van der Waals surface area contributed by atoms with E-state index in [2.05, 4.69) is 5.16 Å². The SMILES string of the molecule is O=C(c1cnoc1C1CC1)c1c(Cl)ccc([N+](=O)[O-])c1Cl. The highest BCUT2D eigenvalue weighted by Gasteiger charge is 2.34. The summed E-state index contributed by atoms with van der Waals surface area (Å²) in [4.78, 5) is 22.8. The van der Waals surface area contributed by atoms with E-state index in [9.17, 15) is 14.9 Å². The summed E-state index contributed by atoms with van der Waals surface area (Å²) in [5.74, 6) is 0.137. The summed E-state index contributed by atoms with van der Waals surface area (Å²) in [6.45, 7) is 0. The van der Waals surface area contributed by atoms with Gasteiger partial charge in [-0.2, -0.15) is 0 Å². The molecule has 0 bridgehead atoms. The monoisotopic (exact) mass is 326 g/mol. The van der Waals surface area contributed by atoms with Crippen LogP contribution in [0.5, 0.6) is 0 Å². The quantitative estimate of drug-likeness (QED) is 0.481. The van der Waals surface area contributed by atoms with Crippen molar-refractivity contribution in [3.63, 3.8) is 0 Å². The topological polar surface area (TPSA) is 86.2 Å². The largest absolute Gasteiger partial charge is 0.360 e. The molecule has 1 saturated carbocycles. The Balaban J connectivity index is 2.11. The van der Waals surface area contributed by atoms with Gasteiger partial charge in [0.25, 0.3) is 5.69 Å². The van der Waals surface area contributed by atoms with Gasteiger partial charge in [0.15, 0.2) is 5.76 Å². The summed E-state index contributed by atoms with van der Waals surface area (Å²) < 4.78 is 5.10. The van der Waals surface area contributed by atoms with Crippen LogP contribution in [-0.4, -0.2) is 15.9 Å². The van der Waals surface area contributed by atoms with E-state index in [4.69, 9.17) is 27.7 Å². The van der Waals surface area contributed by atoms with E-state index >= 15 is 0 Å². The molecule has 0 aliphatic heterocycles. The molecule has 2 aromatic rings. The maximum absolute atomic E-state index is 12.6. The van der Waals surface area contributed by atoms with Crippen LogP contribution in [0.2, 0.25) is 10.0 Å². The Morgan fingerprint density at radius 2 is 2.10 bits per heavy atom. The maximum Gasteiger partial charge on any atom is 0.288 e. The molecule has 1 aromatic carbocycles. The van der Waals surface area contributed by atoms with Crippen molar-refractivity contribution in [2.45, 2.75) is 18.8 Å². The first kappa shape index (κ1) is 14.0. The second-order valence-corrected chi connectivity index (χ2v) is 5.50. The smallest absolute Gasteiger partial charge is 0.288 e. The first-order chi connectivity index (χ1) is 10.0. The van der Waals surface area contributed by atoms with Crippen molar-refractivity contribution >= 4 is 34.7 Å². The molecule has 8 heteroatoms. The zero-order valence-corrected chi connectivity index (χ0v) is 12.0. The maximum atomic E-state index is 12.6. The number of carbonyl (C=O) groups excluding carboxylic acids is 1. The lowest BCUT2D eigenvalue weighted by Gasteiger charge is -2.06. The molecule has 0 radical (unpaired) electrons. The summed E-state index contributed by atoms with van der Waals surface area (Å²) in [5, 5.41) is 14.3. The molecular formula is C13H8Cl2N2O4. The number of rotatable bonds is 4. The predicted octanol–water partition coefficient (Wildman–Crippen LogP) is 4.00. The fourth-order valence-electron chi connectivity index (χ4n) is 2.08. The number of aromatic nitrogens is 1. The number of hydrogen-bond donors (Lipinski definition) is 0. The molecule has 0 amide bonds. The van der Waals surface area contributed by atoms with Crippen molar-refractivity contribution < 1.29 is 14.2 Å². The van der Waals surface area contributed by atoms with Gasteiger partial charge in [0.05, 0.1) is 27.3 Å². The molecule has 1 fully saturated rings. The van der Waals surface area contributed by atoms with Gasteiger partial charge < -0.3 is 4.52 Å². The molecule has 1 aromatic heterocycles. The van der Waals surface area contributed by atoms with Crippen LogP contribution in [0.25, 0.3) is 0 Å². The molecule has 0 atom stereocenters. The van der Waals surface area contributed by atoms with Gasteiger partial charge in [-0.3, -0.25) is 14.9 Å². The minimum Gasteiger partial charge on any atom is -0.360 e. The first-order valence-electron chi connectivity index (χ1n) is 6.12. The number of benzene rings is 1. The Bertz CT molecular complexity index is 753. The van der Waals surface area contributed by atoms with Crippen molar-refractivity contribution in [2.24, 2.45) is 0 Å². The van der Waals surface area contributed by atoms with E-state index in [1.54, 1.807) is 0 Å². The zero-order chi connectivity index (χ0) is 15.1. The summed E-state index contributed by atoms with van der Waals surface area (Å²) in [6, 6.07) is 2.44. The molecule has 1 aliphatic rings. The second kappa shape index (κ2) is 5.13. The Morgan fingerprint density at radius 1 is 1.38 bits per heavy atom. The minimum atomic E-state index is -0.662. The predicted molar refractivity (Wildman–Crippen MR) is 75.0 cm³/mol. The molecule has 0 unspecified atom stereocenters. The summed E-state index contributed by atoms with van der Waals surface area (Å²) in [5.41, 5.74) is -0.215. The van der Waals surface area contributed by atoms with Gasteiger partial charge in [-0.25, -0.2) is 0 Å². The van der Waals surface area contributed by atoms with Crippen molar-refractivity contribution in [1.82, 2.24) is 5.16 Å². The van der Waals surface area contributed by atoms with E-state index in [1.165, 1.54) is 12.3 Å². The molecule has 108 valence electrons. The van der Waals surface area contributed by atoms with E-state index in [-0.39, 0.29) is 32.8 Å². The zero-order valence-electron chi connectivity index (χ0n) is 10.5. The number of ketones is 1. The first-order valence-corrected chi connectivity index (χ1v) is 6.88. The molecule has 0 N–H and O–H groups in total. The van der Waals surface area contributed by atoms with Crippen LogP contribution in [0, 0.1) is 10.1 Å². The molecule has 3 rings (SSSR count). The third kappa shape index (κ3) is 2.41. The van der Waals surface area contributed by atoms with E-state index in [1.807, 2.05) is 0 Å². The highest BCUT2D eigenvalue weighted by atomic mass is 35.5. The number of carbonyl (C=O) groups is 1. The van der Waals surface area contributed by atoms with Crippen LogP contribution in [-0.2, 0) is 0 Å². The fourth-order valence-corrected chi connectivity index (χ4v) is 2.70. The van der Waals surface area contributed by atoms with E-state index < -0.39 is 10.7 Å². The van der Waals surface area contributed by atoms with Crippen LogP contribution < -0.4 is 0 Å². The Kier molecular flexibility index (Phi) is 3.43. The molecular weight excluding hydrogens is 319 g/mol. The van der Waals surface area contributed by atoms with Crippen molar-refractivity contribution in [3.05, 3.63) is 55.4 Å². The highest BCUT2D eigenvalue weighted by molar-refractivity contribution is 6.42. The Hall–Kier alpha value is -1.92. The molecule has 6 nitrogen and oxygen atoms in total. The van der Waals surface area contributed by atoms with Gasteiger partial charge in [-0.1, -0.05) is 28.4 Å². The van der Waals surface area contributed by atoms with Crippen LogP contribution in [0.1, 0.15) is 40.4 Å². The minimum absolute atomic E-state index is 0.0542. The van der Waals surface area contributed by atoms with Gasteiger partial charge in [0.2, 0.25) is 5.78 Å². The number of hydrogen-bond acceptors (Lipinski definition) is 5. The Labute approximate surface area is 128 Å². The van der Waals surface area contributed by atoms with Crippen LogP contribution >= 0.6 is 23.2 Å². The summed E-state index contributed by atoms with van der Waals surface area (Å²) >= 11 is 12.0. The molecule has 21 heavy (non-hydrogen) atoms. The van der Waals surface area contributed by atoms with Gasteiger partial charge >= 0.3 is 0 Å². The molecule has 0 saturated heterocycles. The third-order valence-electron chi connectivity index (χ3n) is 3.29. The van der Waals surface area contributed by atoms with Crippen LogP contribution in [0.15, 0.2) is 22.9 Å². The van der Waals surface area contributed by atoms with E-state index in [0.29, 0.717) is 5.76 Å². The lowest BCUT2D eigenvalue weighted by atomic mass is 10.0. The lowest BCUT2D eigenvalue weighted by molar-refractivity contribution is -0.384. The van der Waals surface area contributed by atoms with Crippen LogP contribution in [0.4, 0.5) is 5.69 Å². The highest BCUT2D eigenvalue weighted by Crippen LogP contribution is 2.43. The summed E-state index contributed by atoms with van der Waals surface area (Å²) in [6.07, 6.45) is 3.14. The van der Waals surface area contributed by atoms with Gasteiger partial charge in [0, 0.05) is 12.0 Å². The average molecular weight is 327 g/mol. The van der Waals surface area contributed by atoms with E-state index in [0.717, 1.165) is 18.9 Å². The lowest BCUT2D eigenvalue weighted by Crippen LogP contribution is -2.06. The van der Waals surface area contributed by atoms with Gasteiger partial charge in [-0.15, -0.1) is 0 Å². The van der Waals surface area contributed by atoms with Crippen LogP contribution in [0.3, 0.4) is 0 Å². The standard InChI is InChI=1S/C13H8Cl2N2O4/c14-8-3-4-9(17(19)20)11(15)10(8)12(18)7-5-16-21-13(7)6-1-2-6/h3-6H,1-2H2. The molecule has 1 aliphatic carbocycles. The number of nitro benzene ring substituents is 1. The molecule has 0 spiro atoms. The number of nitro groups is 1. The summed E-state index contributed by atoms with van der Waals surface area (Å²) in [7, 11) is 0. The number of nitrogens with zero attached hydrogens (tertiary/aromatic N) is 2. The van der Waals surface area contributed by atoms with Crippen molar-refractivity contribution in [2.75, 3.05) is 0 Å². The van der Waals surface area contributed by atoms with Gasteiger partial charge in [-0.05, 0) is 18.9 Å². The van der Waals surface area contributed by atoms with Crippen molar-refractivity contribution in [3.8, 4) is 0 Å². The van der Waals surface area contributed by atoms with Crippen molar-refractivity contribution in [1.29, 1.82) is 0 Å². The fraction of sp³-hybridized carbons (Fsp3) is 0.231. The Morgan fingerprint density at radius 3 is 2.71 bits per heavy atom. The average Bonchev–Trinajstić information content (AvgIpc) is 3.15. The molecule has 1 heterocycles. The number of halogens is 2. The third-order valence-corrected chi connectivity index (χ3v) is 3.98. The second-order valence-electron chi connectivity index (χ2n) is 4.72. The normalized spacial score (nSPS) is 14.2. The van der Waals surface area contributed by atoms with Gasteiger partial charge in [0.1, 0.15) is 5.02 Å².